The summed E-state index contributed by atoms with van der Waals surface area (Å²) < 4.78 is 0. The van der Waals surface area contributed by atoms with E-state index in [-0.39, 0.29) is 0 Å². The Morgan fingerprint density at radius 3 is 1.82 bits per heavy atom. The van der Waals surface area contributed by atoms with E-state index in [4.69, 9.17) is 0 Å². The molecule has 56 valence electrons. The molecule has 0 amide bonds. The van der Waals surface area contributed by atoms with Crippen molar-refractivity contribution < 1.29 is 0 Å². The third-order valence-electron chi connectivity index (χ3n) is 2.18. The Morgan fingerprint density at radius 2 is 1.36 bits per heavy atom. The monoisotopic (exact) mass is 145 g/mol. The van der Waals surface area contributed by atoms with Crippen LogP contribution in [0.1, 0.15) is 11.1 Å². The maximum Gasteiger partial charge on any atom is 0.00844 e. The molecule has 0 radical (unpaired) electrons. The molecule has 2 rings (SSSR count). The molecule has 2 aromatic rings. The fraction of sp³-hybridized carbons (Fsp3) is 0.200. The zero-order valence-corrected chi connectivity index (χ0v) is 6.81. The highest BCUT2D eigenvalue weighted by molar-refractivity contribution is 5.83. The van der Waals surface area contributed by atoms with E-state index in [0.717, 1.165) is 0 Å². The van der Waals surface area contributed by atoms with Gasteiger partial charge in [-0.05, 0) is 47.9 Å². The number of H-pyrrole nitrogens is 1. The molecule has 0 aliphatic rings. The van der Waals surface area contributed by atoms with Crippen LogP contribution in [0.2, 0.25) is 0 Å². The van der Waals surface area contributed by atoms with Crippen LogP contribution in [-0.2, 0) is 0 Å². The van der Waals surface area contributed by atoms with Gasteiger partial charge in [-0.2, -0.15) is 0 Å². The van der Waals surface area contributed by atoms with Gasteiger partial charge in [-0.1, -0.05) is 0 Å². The van der Waals surface area contributed by atoms with Gasteiger partial charge in [0.25, 0.3) is 0 Å². The van der Waals surface area contributed by atoms with E-state index in [9.17, 15) is 0 Å². The van der Waals surface area contributed by atoms with Crippen LogP contribution < -0.4 is 0 Å². The molecule has 0 bridgehead atoms. The first-order valence-electron chi connectivity index (χ1n) is 3.81. The molecule has 0 aliphatic carbocycles. The molecule has 1 heteroatoms. The van der Waals surface area contributed by atoms with E-state index < -0.39 is 0 Å². The summed E-state index contributed by atoms with van der Waals surface area (Å²) in [6, 6.07) is 4.42. The van der Waals surface area contributed by atoms with Gasteiger partial charge < -0.3 is 4.98 Å². The van der Waals surface area contributed by atoms with Gasteiger partial charge in [-0.15, -0.1) is 0 Å². The van der Waals surface area contributed by atoms with Crippen LogP contribution >= 0.6 is 0 Å². The summed E-state index contributed by atoms with van der Waals surface area (Å²) in [5.74, 6) is 0. The first-order chi connectivity index (χ1) is 5.27. The lowest BCUT2D eigenvalue weighted by Gasteiger charge is -1.98. The van der Waals surface area contributed by atoms with Crippen LogP contribution in [0.15, 0.2) is 24.5 Å². The minimum absolute atomic E-state index is 1.30. The van der Waals surface area contributed by atoms with Crippen molar-refractivity contribution >= 4 is 10.8 Å². The molecule has 0 aliphatic heterocycles. The Labute approximate surface area is 66.1 Å². The number of aromatic nitrogens is 1. The number of hydrogen-bond donors (Lipinski definition) is 1. The van der Waals surface area contributed by atoms with Crippen molar-refractivity contribution in [3.8, 4) is 0 Å². The van der Waals surface area contributed by atoms with Crippen molar-refractivity contribution in [2.24, 2.45) is 0 Å². The highest BCUT2D eigenvalue weighted by Crippen LogP contribution is 2.17. The predicted molar refractivity (Wildman–Crippen MR) is 47.8 cm³/mol. The SMILES string of the molecule is Cc1cc2c[nH]cc2cc1C. The molecule has 1 aromatic carbocycles. The summed E-state index contributed by atoms with van der Waals surface area (Å²) in [6.45, 7) is 4.28. The number of rotatable bonds is 0. The average Bonchev–Trinajstić information content (AvgIpc) is 2.36. The van der Waals surface area contributed by atoms with Gasteiger partial charge in [-0.25, -0.2) is 0 Å². The summed E-state index contributed by atoms with van der Waals surface area (Å²) in [5, 5.41) is 2.60. The summed E-state index contributed by atoms with van der Waals surface area (Å²) in [5.41, 5.74) is 2.72. The quantitative estimate of drug-likeness (QED) is 0.586. The van der Waals surface area contributed by atoms with Crippen LogP contribution in [0.3, 0.4) is 0 Å². The van der Waals surface area contributed by atoms with Crippen LogP contribution in [0.25, 0.3) is 10.8 Å². The summed E-state index contributed by atoms with van der Waals surface area (Å²) in [6.07, 6.45) is 4.06. The first-order valence-corrected chi connectivity index (χ1v) is 3.81. The van der Waals surface area contributed by atoms with Gasteiger partial charge in [0.2, 0.25) is 0 Å². The summed E-state index contributed by atoms with van der Waals surface area (Å²) in [4.78, 5) is 3.09. The lowest BCUT2D eigenvalue weighted by atomic mass is 10.1. The van der Waals surface area contributed by atoms with Gasteiger partial charge in [0.05, 0.1) is 0 Å². The van der Waals surface area contributed by atoms with Crippen molar-refractivity contribution in [3.05, 3.63) is 35.7 Å². The molecule has 11 heavy (non-hydrogen) atoms. The third kappa shape index (κ3) is 0.929. The zero-order valence-electron chi connectivity index (χ0n) is 6.81. The second-order valence-electron chi connectivity index (χ2n) is 3.02. The number of aromatic amines is 1. The molecule has 0 saturated carbocycles. The second-order valence-corrected chi connectivity index (χ2v) is 3.02. The van der Waals surface area contributed by atoms with Crippen molar-refractivity contribution in [2.75, 3.05) is 0 Å². The van der Waals surface area contributed by atoms with Crippen LogP contribution in [0.5, 0.6) is 0 Å². The van der Waals surface area contributed by atoms with Gasteiger partial charge in [-0.3, -0.25) is 0 Å². The highest BCUT2D eigenvalue weighted by atomic mass is 14.6. The molecular weight excluding hydrogens is 134 g/mol. The normalized spacial score (nSPS) is 10.7. The number of fused-ring (bicyclic) bond motifs is 1. The highest BCUT2D eigenvalue weighted by Gasteiger charge is 1.96. The molecule has 0 unspecified atom stereocenters. The maximum absolute atomic E-state index is 3.09. The summed E-state index contributed by atoms with van der Waals surface area (Å²) >= 11 is 0. The molecule has 0 saturated heterocycles. The van der Waals surface area contributed by atoms with Crippen molar-refractivity contribution in [1.82, 2.24) is 4.98 Å². The fourth-order valence-corrected chi connectivity index (χ4v) is 1.33. The Balaban J connectivity index is 2.86. The van der Waals surface area contributed by atoms with E-state index in [1.54, 1.807) is 0 Å². The minimum atomic E-state index is 1.30. The average molecular weight is 145 g/mol. The molecule has 0 spiro atoms. The van der Waals surface area contributed by atoms with Gasteiger partial charge in [0, 0.05) is 12.4 Å². The maximum atomic E-state index is 3.09. The van der Waals surface area contributed by atoms with E-state index in [1.807, 2.05) is 12.4 Å². The molecule has 0 fully saturated rings. The smallest absolute Gasteiger partial charge is 0.00844 e. The Morgan fingerprint density at radius 1 is 0.909 bits per heavy atom. The van der Waals surface area contributed by atoms with Crippen molar-refractivity contribution in [2.45, 2.75) is 13.8 Å². The minimum Gasteiger partial charge on any atom is -0.366 e. The molecule has 1 aromatic heterocycles. The standard InChI is InChI=1S/C10H11N/c1-7-3-9-5-11-6-10(9)4-8(7)2/h3-6,11H,1-2H3. The number of aryl methyl sites for hydroxylation is 2. The number of hydrogen-bond acceptors (Lipinski definition) is 0. The zero-order chi connectivity index (χ0) is 7.84. The van der Waals surface area contributed by atoms with E-state index in [2.05, 4.69) is 31.0 Å². The topological polar surface area (TPSA) is 15.8 Å². The third-order valence-corrected chi connectivity index (χ3v) is 2.18. The number of nitrogens with one attached hydrogen (secondary N) is 1. The Bertz CT molecular complexity index is 349. The lowest BCUT2D eigenvalue weighted by Crippen LogP contribution is -1.77. The molecule has 1 nitrogen and oxygen atoms in total. The first kappa shape index (κ1) is 6.47. The van der Waals surface area contributed by atoms with Crippen molar-refractivity contribution in [3.63, 3.8) is 0 Å². The summed E-state index contributed by atoms with van der Waals surface area (Å²) in [7, 11) is 0. The Kier molecular flexibility index (Phi) is 1.25. The Hall–Kier alpha value is -1.24. The van der Waals surface area contributed by atoms with Gasteiger partial charge in [0.1, 0.15) is 0 Å². The largest absolute Gasteiger partial charge is 0.366 e. The number of benzene rings is 1. The lowest BCUT2D eigenvalue weighted by molar-refractivity contribution is 1.37. The molecule has 1 N–H and O–H groups in total. The van der Waals surface area contributed by atoms with Crippen molar-refractivity contribution in [1.29, 1.82) is 0 Å². The van der Waals surface area contributed by atoms with Crippen LogP contribution in [0.4, 0.5) is 0 Å². The van der Waals surface area contributed by atoms with Crippen LogP contribution in [0, 0.1) is 13.8 Å². The predicted octanol–water partition coefficient (Wildman–Crippen LogP) is 2.78. The molecule has 0 atom stereocenters. The van der Waals surface area contributed by atoms with Gasteiger partial charge in [0.15, 0.2) is 0 Å². The van der Waals surface area contributed by atoms with E-state index >= 15 is 0 Å². The van der Waals surface area contributed by atoms with E-state index in [1.165, 1.54) is 21.9 Å². The molecular formula is C10H11N. The van der Waals surface area contributed by atoms with Crippen LogP contribution in [-0.4, -0.2) is 4.98 Å². The second kappa shape index (κ2) is 2.12. The van der Waals surface area contributed by atoms with E-state index in [0.29, 0.717) is 0 Å². The van der Waals surface area contributed by atoms with Gasteiger partial charge >= 0.3 is 0 Å². The molecule has 1 heterocycles. The fourth-order valence-electron chi connectivity index (χ4n) is 1.33.